The molecule has 0 aliphatic heterocycles. The third-order valence-electron chi connectivity index (χ3n) is 16.1. The smallest absolute Gasteiger partial charge is 0.407 e. The van der Waals surface area contributed by atoms with Crippen molar-refractivity contribution in [3.8, 4) is 0 Å². The lowest BCUT2D eigenvalue weighted by atomic mass is 9.57. The molecule has 2 saturated carbocycles. The summed E-state index contributed by atoms with van der Waals surface area (Å²) in [5.41, 5.74) is 2.83. The number of allylic oxidation sites excluding steroid dienone is 1. The maximum absolute atomic E-state index is 12.7. The van der Waals surface area contributed by atoms with E-state index >= 15 is 0 Å². The van der Waals surface area contributed by atoms with Crippen molar-refractivity contribution < 1.29 is 67.8 Å². The predicted molar refractivity (Wildman–Crippen MR) is 287 cm³/mol. The zero-order valence-corrected chi connectivity index (χ0v) is 46.1. The number of fused-ring (bicyclic) bond motifs is 1. The number of hydrogen-bond donors (Lipinski definition) is 8. The number of aliphatic carboxylic acids is 3. The van der Waals surface area contributed by atoms with Gasteiger partial charge in [-0.2, -0.15) is 0 Å². The number of carboxylic acids is 3. The van der Waals surface area contributed by atoms with Crippen LogP contribution in [0.15, 0.2) is 35.9 Å². The fraction of sp³-hybridized carbons (Fsp3) is 0.737. The number of alkyl carbamates (subject to hydrolysis) is 1. The summed E-state index contributed by atoms with van der Waals surface area (Å²) in [5.74, 6) is -1.63. The number of unbranched alkanes of at least 4 members (excludes halogenated alkanes) is 1. The topological polar surface area (TPSA) is 277 Å². The molecule has 1 aromatic rings. The zero-order valence-electron chi connectivity index (χ0n) is 46.1. The lowest BCUT2D eigenvalue weighted by molar-refractivity contribution is -0.140. The fourth-order valence-electron chi connectivity index (χ4n) is 11.5. The summed E-state index contributed by atoms with van der Waals surface area (Å²) in [7, 11) is 0. The van der Waals surface area contributed by atoms with E-state index in [-0.39, 0.29) is 56.1 Å². The molecule has 0 aromatic heterocycles. The first kappa shape index (κ1) is 63.3. The highest BCUT2D eigenvalue weighted by atomic mass is 16.6. The molecule has 76 heavy (non-hydrogen) atoms. The average molecular weight is 1070 g/mol. The lowest BCUT2D eigenvalue weighted by Crippen LogP contribution is -2.51. The largest absolute Gasteiger partial charge is 0.481 e. The van der Waals surface area contributed by atoms with Gasteiger partial charge in [-0.15, -0.1) is 0 Å². The van der Waals surface area contributed by atoms with E-state index in [2.05, 4.69) is 67.3 Å². The summed E-state index contributed by atoms with van der Waals surface area (Å²) >= 11 is 0. The molecular weight excluding hydrogens is 979 g/mol. The summed E-state index contributed by atoms with van der Waals surface area (Å²) in [6, 6.07) is 2.15. The van der Waals surface area contributed by atoms with Crippen molar-refractivity contribution in [2.45, 2.75) is 175 Å². The van der Waals surface area contributed by atoms with E-state index in [0.717, 1.165) is 43.4 Å². The molecule has 19 heteroatoms. The third kappa shape index (κ3) is 22.0. The minimum Gasteiger partial charge on any atom is -0.481 e. The molecule has 3 aliphatic rings. The van der Waals surface area contributed by atoms with Crippen LogP contribution in [0.4, 0.5) is 9.59 Å². The van der Waals surface area contributed by atoms with Crippen molar-refractivity contribution in [1.29, 1.82) is 0 Å². The van der Waals surface area contributed by atoms with Crippen molar-refractivity contribution >= 4 is 41.8 Å². The number of carbonyl (C=O) groups excluding carboxylic acids is 4. The molecule has 1 aromatic carbocycles. The predicted octanol–water partition coefficient (Wildman–Crippen LogP) is 8.50. The van der Waals surface area contributed by atoms with Crippen LogP contribution < -0.4 is 26.6 Å². The summed E-state index contributed by atoms with van der Waals surface area (Å²) in [6.07, 6.45) is 18.5. The molecular formula is C57H91N5O14. The molecule has 0 heterocycles. The van der Waals surface area contributed by atoms with Crippen LogP contribution in [-0.4, -0.2) is 135 Å². The van der Waals surface area contributed by atoms with Gasteiger partial charge in [0, 0.05) is 50.2 Å². The number of rotatable bonds is 36. The van der Waals surface area contributed by atoms with Crippen LogP contribution in [-0.2, 0) is 33.3 Å². The Morgan fingerprint density at radius 3 is 1.89 bits per heavy atom. The average Bonchev–Trinajstić information content (AvgIpc) is 3.77. The molecule has 2 fully saturated rings. The molecule has 0 radical (unpaired) electrons. The van der Waals surface area contributed by atoms with Crippen molar-refractivity contribution in [3.05, 3.63) is 47.0 Å². The summed E-state index contributed by atoms with van der Waals surface area (Å²) in [4.78, 5) is 83.8. The Morgan fingerprint density at radius 1 is 0.658 bits per heavy atom. The highest BCUT2D eigenvalue weighted by Crippen LogP contribution is 2.56. The molecule has 3 aliphatic carbocycles. The second kappa shape index (κ2) is 33.1. The molecule has 0 spiro atoms. The Hall–Kier alpha value is -5.27. The highest BCUT2D eigenvalue weighted by molar-refractivity contribution is 5.97. The highest BCUT2D eigenvalue weighted by Gasteiger charge is 2.46. The Balaban J connectivity index is 0.965. The fourth-order valence-corrected chi connectivity index (χ4v) is 11.5. The summed E-state index contributed by atoms with van der Waals surface area (Å²) < 4.78 is 22.7. The van der Waals surface area contributed by atoms with Crippen molar-refractivity contribution in [3.63, 3.8) is 0 Å². The van der Waals surface area contributed by atoms with Gasteiger partial charge in [0.25, 0.3) is 11.8 Å². The van der Waals surface area contributed by atoms with Gasteiger partial charge in [0.1, 0.15) is 18.2 Å². The van der Waals surface area contributed by atoms with E-state index in [1.807, 2.05) is 0 Å². The van der Waals surface area contributed by atoms with Crippen molar-refractivity contribution in [2.75, 3.05) is 59.3 Å². The monoisotopic (exact) mass is 1070 g/mol. The second-order valence-corrected chi connectivity index (χ2v) is 22.2. The van der Waals surface area contributed by atoms with Gasteiger partial charge in [-0.1, -0.05) is 72.0 Å². The van der Waals surface area contributed by atoms with Crippen LogP contribution in [0, 0.1) is 34.5 Å². The van der Waals surface area contributed by atoms with Crippen LogP contribution in [0.1, 0.15) is 177 Å². The number of nitrogens with one attached hydrogen (secondary N) is 5. The quantitative estimate of drug-likeness (QED) is 0.0231. The van der Waals surface area contributed by atoms with Gasteiger partial charge in [-0.05, 0) is 142 Å². The number of ether oxygens (including phenoxy) is 4. The van der Waals surface area contributed by atoms with Crippen LogP contribution in [0.5, 0.6) is 0 Å². The Kier molecular flexibility index (Phi) is 27.6. The Labute approximate surface area is 450 Å². The maximum atomic E-state index is 12.7. The first-order valence-electron chi connectivity index (χ1n) is 28.1. The first-order chi connectivity index (χ1) is 36.3. The first-order valence-corrected chi connectivity index (χ1v) is 28.1. The zero-order chi connectivity index (χ0) is 55.5. The molecule has 428 valence electrons. The van der Waals surface area contributed by atoms with Gasteiger partial charge in [-0.3, -0.25) is 14.4 Å². The van der Waals surface area contributed by atoms with E-state index in [1.54, 1.807) is 0 Å². The molecule has 0 bridgehead atoms. The number of benzene rings is 1. The number of amides is 5. The number of urea groups is 1. The third-order valence-corrected chi connectivity index (χ3v) is 16.1. The summed E-state index contributed by atoms with van der Waals surface area (Å²) in [6.45, 7) is 15.5. The van der Waals surface area contributed by atoms with Gasteiger partial charge in [0.05, 0.1) is 33.0 Å². The van der Waals surface area contributed by atoms with Gasteiger partial charge in [-0.25, -0.2) is 19.2 Å². The molecule has 0 saturated heterocycles. The Morgan fingerprint density at radius 2 is 1.26 bits per heavy atom. The lowest BCUT2D eigenvalue weighted by Gasteiger charge is -2.48. The van der Waals surface area contributed by atoms with E-state index < -0.39 is 48.4 Å². The summed E-state index contributed by atoms with van der Waals surface area (Å²) in [5, 5.41) is 40.1. The molecule has 19 nitrogen and oxygen atoms in total. The van der Waals surface area contributed by atoms with Crippen LogP contribution >= 0.6 is 0 Å². The molecule has 4 rings (SSSR count). The SMILES string of the molecule is CC(C)CCCC(C)C1CCCC1(C)CCC1CCC=C2CC(OC(=O)NCCCOCCOCCOCCNC(=O)c3ccc(C(=O)NCCCCC(NC(=O)NC(CCC(=O)O)C(=O)O)C(=O)O)cc3)CCC21C. The van der Waals surface area contributed by atoms with Crippen LogP contribution in [0.2, 0.25) is 0 Å². The van der Waals surface area contributed by atoms with Gasteiger partial charge in [0.2, 0.25) is 0 Å². The number of hydrogen-bond acceptors (Lipinski definition) is 11. The van der Waals surface area contributed by atoms with Crippen LogP contribution in [0.3, 0.4) is 0 Å². The number of carbonyl (C=O) groups is 7. The molecule has 8 N–H and O–H groups in total. The van der Waals surface area contributed by atoms with E-state index in [0.29, 0.717) is 81.3 Å². The second-order valence-electron chi connectivity index (χ2n) is 22.2. The van der Waals surface area contributed by atoms with E-state index in [4.69, 9.17) is 24.1 Å². The van der Waals surface area contributed by atoms with E-state index in [1.165, 1.54) is 87.6 Å². The van der Waals surface area contributed by atoms with Gasteiger partial charge in [0.15, 0.2) is 0 Å². The minimum atomic E-state index is -1.51. The normalized spacial score (nSPS) is 22.3. The van der Waals surface area contributed by atoms with Crippen molar-refractivity contribution in [2.24, 2.45) is 34.5 Å². The van der Waals surface area contributed by atoms with E-state index in [9.17, 15) is 43.8 Å². The molecule has 8 unspecified atom stereocenters. The number of carboxylic acid groups (broad SMARTS) is 3. The van der Waals surface area contributed by atoms with Crippen molar-refractivity contribution in [1.82, 2.24) is 26.6 Å². The van der Waals surface area contributed by atoms with Crippen LogP contribution in [0.25, 0.3) is 0 Å². The molecule has 5 amide bonds. The van der Waals surface area contributed by atoms with Gasteiger partial charge < -0.3 is 60.9 Å². The standard InChI is InChI=1S/C57H91N5O14/c1-39(2)12-8-13-40(3)46-16-10-26-56(46,4)27-24-43-14-9-15-44-38-45(25-28-57(43,44)5)76-55(72)60-30-11-32-73-34-36-75-37-35-74-33-31-59-51(66)42-20-18-41(19-21-42)50(65)58-29-7-6-17-47(52(67)68)61-54(71)62-48(53(69)70)22-23-49(63)64/h15,18-21,39-40,43,45-48H,6-14,16-17,22-38H2,1-5H3,(H,58,65)(H,59,66)(H,60,72)(H,63,64)(H,67,68)(H,69,70)(H2,61,62,71). The Bertz CT molecular complexity index is 2030. The molecule has 8 atom stereocenters. The minimum absolute atomic E-state index is 0.00992. The maximum Gasteiger partial charge on any atom is 0.407 e. The van der Waals surface area contributed by atoms with Gasteiger partial charge >= 0.3 is 30.0 Å².